The highest BCUT2D eigenvalue weighted by Crippen LogP contribution is 2.23. The number of carbonyl (C=O) groups is 1. The molecule has 164 valence electrons. The van der Waals surface area contributed by atoms with E-state index in [1.807, 2.05) is 10.8 Å². The molecule has 3 aromatic rings. The Bertz CT molecular complexity index is 1100. The molecule has 31 heavy (non-hydrogen) atoms. The molecule has 0 saturated carbocycles. The van der Waals surface area contributed by atoms with Crippen molar-refractivity contribution in [2.45, 2.75) is 24.4 Å². The summed E-state index contributed by atoms with van der Waals surface area (Å²) in [7, 11) is -3.95. The molecule has 0 saturated heterocycles. The Morgan fingerprint density at radius 2 is 1.84 bits per heavy atom. The van der Waals surface area contributed by atoms with Crippen LogP contribution in [0.25, 0.3) is 0 Å². The van der Waals surface area contributed by atoms with Crippen LogP contribution in [0.2, 0.25) is 10.0 Å². The molecule has 0 atom stereocenters. The van der Waals surface area contributed by atoms with Gasteiger partial charge in [-0.2, -0.15) is 4.31 Å². The van der Waals surface area contributed by atoms with Crippen molar-refractivity contribution >= 4 is 39.1 Å². The van der Waals surface area contributed by atoms with Crippen LogP contribution in [0, 0.1) is 0 Å². The van der Waals surface area contributed by atoms with Gasteiger partial charge in [0.05, 0.1) is 17.8 Å². The lowest BCUT2D eigenvalue weighted by molar-refractivity contribution is -0.121. The maximum absolute atomic E-state index is 13.2. The van der Waals surface area contributed by atoms with Gasteiger partial charge in [-0.25, -0.2) is 13.4 Å². The molecule has 7 nitrogen and oxygen atoms in total. The highest BCUT2D eigenvalue weighted by molar-refractivity contribution is 7.89. The maximum atomic E-state index is 13.2. The van der Waals surface area contributed by atoms with Gasteiger partial charge in [0, 0.05) is 42.1 Å². The van der Waals surface area contributed by atoms with Crippen LogP contribution in [-0.4, -0.2) is 41.3 Å². The van der Waals surface area contributed by atoms with Crippen molar-refractivity contribution in [2.24, 2.45) is 0 Å². The summed E-state index contributed by atoms with van der Waals surface area (Å²) in [6.07, 6.45) is 5.92. The van der Waals surface area contributed by atoms with Gasteiger partial charge in [0.15, 0.2) is 0 Å². The number of benzene rings is 2. The third-order valence-electron chi connectivity index (χ3n) is 4.55. The van der Waals surface area contributed by atoms with E-state index >= 15 is 0 Å². The van der Waals surface area contributed by atoms with E-state index in [0.29, 0.717) is 35.1 Å². The van der Waals surface area contributed by atoms with Crippen LogP contribution in [0.3, 0.4) is 0 Å². The van der Waals surface area contributed by atoms with E-state index in [2.05, 4.69) is 10.3 Å². The Hall–Kier alpha value is -2.39. The molecule has 0 aliphatic carbocycles. The fourth-order valence-corrected chi connectivity index (χ4v) is 4.62. The largest absolute Gasteiger partial charge is 0.355 e. The average Bonchev–Trinajstić information content (AvgIpc) is 3.26. The van der Waals surface area contributed by atoms with E-state index in [0.717, 1.165) is 4.31 Å². The molecule has 0 unspecified atom stereocenters. The molecular weight excluding hydrogens is 459 g/mol. The summed E-state index contributed by atoms with van der Waals surface area (Å²) >= 11 is 12.1. The molecule has 0 spiro atoms. The second-order valence-corrected chi connectivity index (χ2v) is 9.60. The lowest BCUT2D eigenvalue weighted by Crippen LogP contribution is -2.40. The number of aryl methyl sites for hydroxylation is 1. The van der Waals surface area contributed by atoms with Crippen LogP contribution < -0.4 is 5.32 Å². The van der Waals surface area contributed by atoms with Crippen molar-refractivity contribution in [1.82, 2.24) is 19.2 Å². The van der Waals surface area contributed by atoms with Gasteiger partial charge in [0.1, 0.15) is 0 Å². The number of rotatable bonds is 10. The minimum atomic E-state index is -3.95. The van der Waals surface area contributed by atoms with Gasteiger partial charge in [0.2, 0.25) is 15.9 Å². The topological polar surface area (TPSA) is 84.3 Å². The molecule has 10 heteroatoms. The summed E-state index contributed by atoms with van der Waals surface area (Å²) in [5, 5.41) is 3.63. The minimum absolute atomic E-state index is 0.0346. The van der Waals surface area contributed by atoms with Crippen molar-refractivity contribution in [3.8, 4) is 0 Å². The van der Waals surface area contributed by atoms with Crippen LogP contribution in [0.4, 0.5) is 0 Å². The summed E-state index contributed by atoms with van der Waals surface area (Å²) in [6.45, 7) is 0.749. The minimum Gasteiger partial charge on any atom is -0.355 e. The van der Waals surface area contributed by atoms with E-state index in [9.17, 15) is 13.2 Å². The molecule has 1 aromatic heterocycles. The summed E-state index contributed by atoms with van der Waals surface area (Å²) in [6, 6.07) is 12.8. The van der Waals surface area contributed by atoms with Gasteiger partial charge in [-0.3, -0.25) is 4.79 Å². The summed E-state index contributed by atoms with van der Waals surface area (Å²) in [5.74, 6) is -0.393. The van der Waals surface area contributed by atoms with Crippen LogP contribution in [0.1, 0.15) is 12.0 Å². The highest BCUT2D eigenvalue weighted by atomic mass is 35.5. The van der Waals surface area contributed by atoms with Crippen molar-refractivity contribution in [1.29, 1.82) is 0 Å². The number of hydrogen-bond acceptors (Lipinski definition) is 4. The number of nitrogens with one attached hydrogen (secondary N) is 1. The molecule has 0 bridgehead atoms. The molecule has 3 rings (SSSR count). The second-order valence-electron chi connectivity index (χ2n) is 6.82. The zero-order chi connectivity index (χ0) is 22.3. The third-order valence-corrected chi connectivity index (χ3v) is 6.98. The van der Waals surface area contributed by atoms with E-state index < -0.39 is 15.9 Å². The lowest BCUT2D eigenvalue weighted by Gasteiger charge is -2.22. The zero-order valence-electron chi connectivity index (χ0n) is 16.6. The number of carbonyl (C=O) groups excluding carboxylic acids is 1. The summed E-state index contributed by atoms with van der Waals surface area (Å²) in [4.78, 5) is 16.6. The van der Waals surface area contributed by atoms with Gasteiger partial charge < -0.3 is 9.88 Å². The molecule has 0 radical (unpaired) electrons. The Kier molecular flexibility index (Phi) is 8.09. The number of sulfonamides is 1. The predicted octanol–water partition coefficient (Wildman–Crippen LogP) is 3.59. The summed E-state index contributed by atoms with van der Waals surface area (Å²) in [5.41, 5.74) is 0.606. The maximum Gasteiger partial charge on any atom is 0.243 e. The number of amides is 1. The normalized spacial score (nSPS) is 11.6. The monoisotopic (exact) mass is 480 g/mol. The first kappa shape index (κ1) is 23.3. The number of halogens is 2. The predicted molar refractivity (Wildman–Crippen MR) is 120 cm³/mol. The smallest absolute Gasteiger partial charge is 0.243 e. The lowest BCUT2D eigenvalue weighted by atomic mass is 10.2. The SMILES string of the molecule is O=C(CN(Cc1ccccc1Cl)S(=O)(=O)c1ccc(Cl)cc1)NCCCn1ccnc1. The molecule has 2 aromatic carbocycles. The number of nitrogens with zero attached hydrogens (tertiary/aromatic N) is 3. The Labute approximate surface area is 191 Å². The molecule has 0 fully saturated rings. The first-order chi connectivity index (χ1) is 14.9. The van der Waals surface area contributed by atoms with E-state index in [-0.39, 0.29) is 18.0 Å². The van der Waals surface area contributed by atoms with E-state index in [4.69, 9.17) is 23.2 Å². The van der Waals surface area contributed by atoms with Gasteiger partial charge in [-0.05, 0) is 42.3 Å². The number of hydrogen-bond donors (Lipinski definition) is 1. The Morgan fingerprint density at radius 1 is 1.10 bits per heavy atom. The second kappa shape index (κ2) is 10.8. The average molecular weight is 481 g/mol. The molecule has 0 aliphatic heterocycles. The van der Waals surface area contributed by atoms with Gasteiger partial charge >= 0.3 is 0 Å². The van der Waals surface area contributed by atoms with Crippen molar-refractivity contribution in [3.63, 3.8) is 0 Å². The fraction of sp³-hybridized carbons (Fsp3) is 0.238. The molecule has 1 N–H and O–H groups in total. The van der Waals surface area contributed by atoms with Gasteiger partial charge in [-0.1, -0.05) is 41.4 Å². The highest BCUT2D eigenvalue weighted by Gasteiger charge is 2.27. The third kappa shape index (κ3) is 6.54. The van der Waals surface area contributed by atoms with E-state index in [1.54, 1.807) is 36.8 Å². The van der Waals surface area contributed by atoms with Gasteiger partial charge in [-0.15, -0.1) is 0 Å². The van der Waals surface area contributed by atoms with Crippen LogP contribution in [-0.2, 0) is 27.9 Å². The first-order valence-corrected chi connectivity index (χ1v) is 11.8. The fourth-order valence-electron chi connectivity index (χ4n) is 2.92. The van der Waals surface area contributed by atoms with Crippen LogP contribution in [0.15, 0.2) is 72.1 Å². The Morgan fingerprint density at radius 3 is 2.52 bits per heavy atom. The standard InChI is InChI=1S/C21H22Cl2N4O3S/c22-18-6-8-19(9-7-18)31(29,30)27(14-17-4-1-2-5-20(17)23)15-21(28)25-10-3-12-26-13-11-24-16-26/h1-2,4-9,11,13,16H,3,10,12,14-15H2,(H,25,28). The van der Waals surface area contributed by atoms with Crippen molar-refractivity contribution in [2.75, 3.05) is 13.1 Å². The van der Waals surface area contributed by atoms with Crippen LogP contribution >= 0.6 is 23.2 Å². The van der Waals surface area contributed by atoms with Gasteiger partial charge in [0.25, 0.3) is 0 Å². The number of imidazole rings is 1. The summed E-state index contributed by atoms with van der Waals surface area (Å²) < 4.78 is 29.5. The van der Waals surface area contributed by atoms with Crippen molar-refractivity contribution < 1.29 is 13.2 Å². The first-order valence-electron chi connectivity index (χ1n) is 9.58. The molecular formula is C21H22Cl2N4O3S. The number of aromatic nitrogens is 2. The molecule has 1 amide bonds. The van der Waals surface area contributed by atoms with E-state index in [1.165, 1.54) is 24.3 Å². The molecule has 0 aliphatic rings. The Balaban J connectivity index is 1.71. The quantitative estimate of drug-likeness (QED) is 0.449. The zero-order valence-corrected chi connectivity index (χ0v) is 18.9. The van der Waals surface area contributed by atoms with Crippen molar-refractivity contribution in [3.05, 3.63) is 82.9 Å². The molecule has 1 heterocycles. The van der Waals surface area contributed by atoms with Crippen LogP contribution in [0.5, 0.6) is 0 Å².